The molecule has 0 unspecified atom stereocenters. The van der Waals surface area contributed by atoms with Gasteiger partial charge < -0.3 is 24.6 Å². The van der Waals surface area contributed by atoms with Crippen molar-refractivity contribution in [3.05, 3.63) is 35.4 Å². The van der Waals surface area contributed by atoms with Crippen LogP contribution >= 0.6 is 0 Å². The normalized spacial score (nSPS) is 14.1. The Morgan fingerprint density at radius 3 is 2.15 bits per heavy atom. The van der Waals surface area contributed by atoms with Gasteiger partial charge in [0.2, 0.25) is 0 Å². The highest BCUT2D eigenvalue weighted by atomic mass is 16.6. The number of benzene rings is 1. The van der Waals surface area contributed by atoms with E-state index in [0.29, 0.717) is 57.1 Å². The van der Waals surface area contributed by atoms with Crippen molar-refractivity contribution >= 4 is 17.9 Å². The van der Waals surface area contributed by atoms with Crippen LogP contribution in [0.15, 0.2) is 24.3 Å². The van der Waals surface area contributed by atoms with E-state index in [-0.39, 0.29) is 17.9 Å². The third-order valence-corrected chi connectivity index (χ3v) is 4.08. The summed E-state index contributed by atoms with van der Waals surface area (Å²) in [4.78, 5) is 39.5. The second kappa shape index (κ2) is 9.76. The molecule has 0 aliphatic carbocycles. The van der Waals surface area contributed by atoms with Crippen LogP contribution in [0.4, 0.5) is 4.79 Å². The van der Waals surface area contributed by atoms with Crippen molar-refractivity contribution in [3.8, 4) is 0 Å². The van der Waals surface area contributed by atoms with Gasteiger partial charge in [0.05, 0.1) is 13.2 Å². The Bertz CT molecular complexity index is 624. The number of hydrogen-bond donors (Lipinski definition) is 1. The van der Waals surface area contributed by atoms with Crippen LogP contribution in [0, 0.1) is 0 Å². The summed E-state index contributed by atoms with van der Waals surface area (Å²) < 4.78 is 9.85. The molecule has 1 heterocycles. The Hall–Kier alpha value is -2.61. The first-order chi connectivity index (χ1) is 12.6. The van der Waals surface area contributed by atoms with Crippen molar-refractivity contribution in [2.24, 2.45) is 0 Å². The van der Waals surface area contributed by atoms with Crippen LogP contribution in [0.1, 0.15) is 27.6 Å². The Balaban J connectivity index is 1.88. The molecule has 0 saturated carbocycles. The SMILES string of the molecule is CCOC(=O)N1CCN(C(=O)c2ccc(C(=O)NCCOC)cc2)CC1. The summed E-state index contributed by atoms with van der Waals surface area (Å²) in [5.41, 5.74) is 1.01. The lowest BCUT2D eigenvalue weighted by molar-refractivity contribution is 0.0570. The number of amides is 3. The van der Waals surface area contributed by atoms with Gasteiger partial charge >= 0.3 is 6.09 Å². The van der Waals surface area contributed by atoms with Crippen molar-refractivity contribution in [3.63, 3.8) is 0 Å². The summed E-state index contributed by atoms with van der Waals surface area (Å²) in [5, 5.41) is 2.73. The topological polar surface area (TPSA) is 88.2 Å². The number of carbonyl (C=O) groups is 3. The minimum Gasteiger partial charge on any atom is -0.450 e. The number of piperazine rings is 1. The zero-order valence-electron chi connectivity index (χ0n) is 15.2. The summed E-state index contributed by atoms with van der Waals surface area (Å²) in [5.74, 6) is -0.316. The summed E-state index contributed by atoms with van der Waals surface area (Å²) in [6.45, 7) is 4.78. The maximum absolute atomic E-state index is 12.6. The Morgan fingerprint density at radius 2 is 1.58 bits per heavy atom. The predicted molar refractivity (Wildman–Crippen MR) is 95.1 cm³/mol. The van der Waals surface area contributed by atoms with Crippen LogP contribution in [0.25, 0.3) is 0 Å². The number of hydrogen-bond acceptors (Lipinski definition) is 5. The second-order valence-electron chi connectivity index (χ2n) is 5.80. The molecule has 3 amide bonds. The maximum Gasteiger partial charge on any atom is 0.409 e. The van der Waals surface area contributed by atoms with E-state index in [2.05, 4.69) is 5.32 Å². The molecule has 0 spiro atoms. The first-order valence-corrected chi connectivity index (χ1v) is 8.65. The smallest absolute Gasteiger partial charge is 0.409 e. The molecule has 1 aromatic rings. The monoisotopic (exact) mass is 363 g/mol. The average Bonchev–Trinajstić information content (AvgIpc) is 2.68. The third-order valence-electron chi connectivity index (χ3n) is 4.08. The zero-order valence-corrected chi connectivity index (χ0v) is 15.2. The largest absolute Gasteiger partial charge is 0.450 e. The molecule has 8 heteroatoms. The maximum atomic E-state index is 12.6. The highest BCUT2D eigenvalue weighted by molar-refractivity contribution is 5.97. The van der Waals surface area contributed by atoms with Crippen molar-refractivity contribution < 1.29 is 23.9 Å². The third kappa shape index (κ3) is 5.19. The standard InChI is InChI=1S/C18H25N3O5/c1-3-26-18(24)21-11-9-20(10-12-21)17(23)15-6-4-14(5-7-15)16(22)19-8-13-25-2/h4-7H,3,8-13H2,1-2H3,(H,19,22). The number of ether oxygens (including phenoxy) is 2. The van der Waals surface area contributed by atoms with Crippen LogP contribution in [0.2, 0.25) is 0 Å². The van der Waals surface area contributed by atoms with Crippen molar-refractivity contribution in [1.29, 1.82) is 0 Å². The highest BCUT2D eigenvalue weighted by Gasteiger charge is 2.25. The Labute approximate surface area is 153 Å². The number of methoxy groups -OCH3 is 1. The zero-order chi connectivity index (χ0) is 18.9. The molecule has 0 aromatic heterocycles. The summed E-state index contributed by atoms with van der Waals surface area (Å²) in [6, 6.07) is 6.55. The van der Waals surface area contributed by atoms with E-state index in [0.717, 1.165) is 0 Å². The lowest BCUT2D eigenvalue weighted by Gasteiger charge is -2.34. The molecule has 8 nitrogen and oxygen atoms in total. The van der Waals surface area contributed by atoms with Gasteiger partial charge in [0, 0.05) is 51.0 Å². The molecule has 1 fully saturated rings. The number of nitrogens with zero attached hydrogens (tertiary/aromatic N) is 2. The Morgan fingerprint density at radius 1 is 1.00 bits per heavy atom. The van der Waals surface area contributed by atoms with Crippen LogP contribution in [-0.2, 0) is 9.47 Å². The van der Waals surface area contributed by atoms with Gasteiger partial charge in [-0.05, 0) is 31.2 Å². The molecular formula is C18H25N3O5. The molecule has 142 valence electrons. The Kier molecular flexibility index (Phi) is 7.40. The average molecular weight is 363 g/mol. The molecule has 1 saturated heterocycles. The van der Waals surface area contributed by atoms with Gasteiger partial charge in [-0.3, -0.25) is 9.59 Å². The van der Waals surface area contributed by atoms with Crippen LogP contribution in [0.5, 0.6) is 0 Å². The second-order valence-corrected chi connectivity index (χ2v) is 5.80. The van der Waals surface area contributed by atoms with Crippen LogP contribution in [0.3, 0.4) is 0 Å². The fraction of sp³-hybridized carbons (Fsp3) is 0.500. The molecule has 1 aliphatic rings. The molecule has 1 N–H and O–H groups in total. The first-order valence-electron chi connectivity index (χ1n) is 8.65. The van der Waals surface area contributed by atoms with Crippen LogP contribution in [-0.4, -0.2) is 80.8 Å². The van der Waals surface area contributed by atoms with E-state index in [1.165, 1.54) is 0 Å². The van der Waals surface area contributed by atoms with E-state index in [1.807, 2.05) is 0 Å². The minimum absolute atomic E-state index is 0.111. The minimum atomic E-state index is -0.344. The molecule has 2 rings (SSSR count). The number of carbonyl (C=O) groups excluding carboxylic acids is 3. The van der Waals surface area contributed by atoms with Gasteiger partial charge in [-0.2, -0.15) is 0 Å². The van der Waals surface area contributed by atoms with Crippen molar-refractivity contribution in [2.75, 3.05) is 53.0 Å². The van der Waals surface area contributed by atoms with Gasteiger partial charge in [0.15, 0.2) is 0 Å². The molecule has 0 bridgehead atoms. The van der Waals surface area contributed by atoms with Crippen molar-refractivity contribution in [1.82, 2.24) is 15.1 Å². The van der Waals surface area contributed by atoms with Gasteiger partial charge in [0.25, 0.3) is 11.8 Å². The number of rotatable bonds is 6. The fourth-order valence-corrected chi connectivity index (χ4v) is 2.62. The molecule has 1 aromatic carbocycles. The van der Waals surface area contributed by atoms with E-state index in [4.69, 9.17) is 9.47 Å². The fourth-order valence-electron chi connectivity index (χ4n) is 2.62. The first kappa shape index (κ1) is 19.7. The summed E-state index contributed by atoms with van der Waals surface area (Å²) in [6.07, 6.45) is -0.344. The van der Waals surface area contributed by atoms with E-state index >= 15 is 0 Å². The highest BCUT2D eigenvalue weighted by Crippen LogP contribution is 2.11. The van der Waals surface area contributed by atoms with Crippen molar-refractivity contribution in [2.45, 2.75) is 6.92 Å². The molecule has 1 aliphatic heterocycles. The van der Waals surface area contributed by atoms with Gasteiger partial charge in [-0.25, -0.2) is 4.79 Å². The summed E-state index contributed by atoms with van der Waals surface area (Å²) in [7, 11) is 1.57. The van der Waals surface area contributed by atoms with Crippen LogP contribution < -0.4 is 5.32 Å². The molecule has 0 atom stereocenters. The number of nitrogens with one attached hydrogen (secondary N) is 1. The lowest BCUT2D eigenvalue weighted by atomic mass is 10.1. The predicted octanol–water partition coefficient (Wildman–Crippen LogP) is 0.977. The van der Waals surface area contributed by atoms with E-state index in [9.17, 15) is 14.4 Å². The van der Waals surface area contributed by atoms with Gasteiger partial charge in [0.1, 0.15) is 0 Å². The lowest BCUT2D eigenvalue weighted by Crippen LogP contribution is -2.50. The molecule has 0 radical (unpaired) electrons. The molecule has 26 heavy (non-hydrogen) atoms. The summed E-state index contributed by atoms with van der Waals surface area (Å²) >= 11 is 0. The quantitative estimate of drug-likeness (QED) is 0.761. The van der Waals surface area contributed by atoms with E-state index in [1.54, 1.807) is 48.1 Å². The van der Waals surface area contributed by atoms with Gasteiger partial charge in [-0.1, -0.05) is 0 Å². The van der Waals surface area contributed by atoms with E-state index < -0.39 is 0 Å². The molecular weight excluding hydrogens is 338 g/mol. The van der Waals surface area contributed by atoms with Gasteiger partial charge in [-0.15, -0.1) is 0 Å².